The van der Waals surface area contributed by atoms with Gasteiger partial charge in [-0.3, -0.25) is 10.1 Å². The van der Waals surface area contributed by atoms with Crippen molar-refractivity contribution in [2.45, 2.75) is 0 Å². The molecule has 1 saturated heterocycles. The first-order chi connectivity index (χ1) is 8.66. The Morgan fingerprint density at radius 3 is 2.50 bits per heavy atom. The van der Waals surface area contributed by atoms with Crippen molar-refractivity contribution in [3.05, 3.63) is 34.4 Å². The third-order valence-electron chi connectivity index (χ3n) is 2.73. The van der Waals surface area contributed by atoms with E-state index in [2.05, 4.69) is 15.5 Å². The number of thiocarbonyl (C=S) groups is 1. The molecule has 6 nitrogen and oxygen atoms in total. The van der Waals surface area contributed by atoms with Gasteiger partial charge in [-0.05, 0) is 24.4 Å². The maximum absolute atomic E-state index is 10.5. The fourth-order valence-corrected chi connectivity index (χ4v) is 2.04. The predicted octanol–water partition coefficient (Wildman–Crippen LogP) is 1.20. The second kappa shape index (κ2) is 5.74. The van der Waals surface area contributed by atoms with E-state index in [4.69, 9.17) is 12.2 Å². The van der Waals surface area contributed by atoms with Crippen molar-refractivity contribution in [3.8, 4) is 0 Å². The molecule has 1 aromatic carbocycles. The minimum absolute atomic E-state index is 0.0774. The van der Waals surface area contributed by atoms with E-state index in [-0.39, 0.29) is 5.69 Å². The first-order valence-electron chi connectivity index (χ1n) is 5.68. The summed E-state index contributed by atoms with van der Waals surface area (Å²) < 4.78 is 0. The molecule has 1 fully saturated rings. The normalized spacial score (nSPS) is 15.2. The molecule has 0 saturated carbocycles. The van der Waals surface area contributed by atoms with E-state index in [1.165, 1.54) is 12.1 Å². The Balaban J connectivity index is 1.96. The van der Waals surface area contributed by atoms with Gasteiger partial charge < -0.3 is 15.5 Å². The van der Waals surface area contributed by atoms with Gasteiger partial charge in [-0.25, -0.2) is 0 Å². The Labute approximate surface area is 110 Å². The van der Waals surface area contributed by atoms with E-state index in [9.17, 15) is 10.1 Å². The summed E-state index contributed by atoms with van der Waals surface area (Å²) in [4.78, 5) is 12.2. The highest BCUT2D eigenvalue weighted by molar-refractivity contribution is 7.80. The molecule has 0 aromatic heterocycles. The number of piperazine rings is 1. The van der Waals surface area contributed by atoms with Crippen molar-refractivity contribution in [1.29, 1.82) is 0 Å². The van der Waals surface area contributed by atoms with Crippen molar-refractivity contribution in [3.63, 3.8) is 0 Å². The van der Waals surface area contributed by atoms with Crippen molar-refractivity contribution < 1.29 is 4.92 Å². The van der Waals surface area contributed by atoms with Crippen LogP contribution in [-0.4, -0.2) is 41.1 Å². The van der Waals surface area contributed by atoms with E-state index in [0.29, 0.717) is 5.11 Å². The number of non-ortho nitro benzene ring substituents is 1. The monoisotopic (exact) mass is 266 g/mol. The summed E-state index contributed by atoms with van der Waals surface area (Å²) in [6.45, 7) is 3.59. The fraction of sp³-hybridized carbons (Fsp3) is 0.364. The average Bonchev–Trinajstić information content (AvgIpc) is 2.40. The van der Waals surface area contributed by atoms with Crippen molar-refractivity contribution in [2.75, 3.05) is 31.5 Å². The first-order valence-corrected chi connectivity index (χ1v) is 6.09. The van der Waals surface area contributed by atoms with Gasteiger partial charge in [-0.15, -0.1) is 0 Å². The zero-order valence-electron chi connectivity index (χ0n) is 9.76. The van der Waals surface area contributed by atoms with Crippen LogP contribution < -0.4 is 10.6 Å². The molecule has 96 valence electrons. The fourth-order valence-electron chi connectivity index (χ4n) is 1.74. The van der Waals surface area contributed by atoms with Gasteiger partial charge in [0.15, 0.2) is 5.11 Å². The van der Waals surface area contributed by atoms with Crippen LogP contribution >= 0.6 is 12.2 Å². The lowest BCUT2D eigenvalue weighted by Gasteiger charge is -2.29. The van der Waals surface area contributed by atoms with Crippen LogP contribution in [0, 0.1) is 10.1 Å². The third kappa shape index (κ3) is 3.14. The van der Waals surface area contributed by atoms with Crippen LogP contribution in [0.15, 0.2) is 24.3 Å². The number of nitrogens with one attached hydrogen (secondary N) is 2. The summed E-state index contributed by atoms with van der Waals surface area (Å²) in [5.41, 5.74) is 0.845. The molecule has 2 rings (SSSR count). The summed E-state index contributed by atoms with van der Waals surface area (Å²) in [6, 6.07) is 6.24. The van der Waals surface area contributed by atoms with E-state index >= 15 is 0 Å². The Kier molecular flexibility index (Phi) is 4.06. The van der Waals surface area contributed by atoms with Crippen LogP contribution in [0.5, 0.6) is 0 Å². The Bertz CT molecular complexity index is 443. The molecule has 0 atom stereocenters. The van der Waals surface area contributed by atoms with Crippen molar-refractivity contribution in [1.82, 2.24) is 10.2 Å². The van der Waals surface area contributed by atoms with Crippen LogP contribution in [-0.2, 0) is 0 Å². The molecule has 1 aliphatic rings. The SMILES string of the molecule is O=[N+]([O-])c1ccc(NC(=S)N2CCNCC2)cc1. The van der Waals surface area contributed by atoms with Crippen molar-refractivity contribution in [2.24, 2.45) is 0 Å². The van der Waals surface area contributed by atoms with Crippen molar-refractivity contribution >= 4 is 28.7 Å². The minimum atomic E-state index is -0.418. The first kappa shape index (κ1) is 12.7. The summed E-state index contributed by atoms with van der Waals surface area (Å²) in [7, 11) is 0. The van der Waals surface area contributed by atoms with Crippen LogP contribution in [0.4, 0.5) is 11.4 Å². The number of nitro benzene ring substituents is 1. The second-order valence-electron chi connectivity index (χ2n) is 3.97. The Morgan fingerprint density at radius 2 is 1.94 bits per heavy atom. The van der Waals surface area contributed by atoms with E-state index < -0.39 is 4.92 Å². The number of benzene rings is 1. The van der Waals surface area contributed by atoms with E-state index in [0.717, 1.165) is 31.9 Å². The van der Waals surface area contributed by atoms with Gasteiger partial charge in [0.1, 0.15) is 0 Å². The van der Waals surface area contributed by atoms with Gasteiger partial charge >= 0.3 is 0 Å². The minimum Gasteiger partial charge on any atom is -0.346 e. The molecule has 0 unspecified atom stereocenters. The molecule has 0 radical (unpaired) electrons. The quantitative estimate of drug-likeness (QED) is 0.476. The molecule has 0 bridgehead atoms. The summed E-state index contributed by atoms with van der Waals surface area (Å²) in [6.07, 6.45) is 0. The summed E-state index contributed by atoms with van der Waals surface area (Å²) >= 11 is 5.29. The maximum Gasteiger partial charge on any atom is 0.269 e. The van der Waals surface area contributed by atoms with Crippen LogP contribution in [0.25, 0.3) is 0 Å². The molecule has 1 heterocycles. The third-order valence-corrected chi connectivity index (χ3v) is 3.09. The van der Waals surface area contributed by atoms with Crippen LogP contribution in [0.1, 0.15) is 0 Å². The number of hydrogen-bond donors (Lipinski definition) is 2. The molecule has 1 aromatic rings. The smallest absolute Gasteiger partial charge is 0.269 e. The number of anilines is 1. The molecule has 0 aliphatic carbocycles. The average molecular weight is 266 g/mol. The van der Waals surface area contributed by atoms with Gasteiger partial charge in [0.25, 0.3) is 5.69 Å². The zero-order valence-corrected chi connectivity index (χ0v) is 10.6. The number of rotatable bonds is 2. The molecular weight excluding hydrogens is 252 g/mol. The molecule has 0 amide bonds. The predicted molar refractivity (Wildman–Crippen MR) is 73.8 cm³/mol. The summed E-state index contributed by atoms with van der Waals surface area (Å²) in [5, 5.41) is 17.5. The number of nitro groups is 1. The van der Waals surface area contributed by atoms with Gasteiger partial charge in [0.2, 0.25) is 0 Å². The zero-order chi connectivity index (χ0) is 13.0. The van der Waals surface area contributed by atoms with Gasteiger partial charge in [0.05, 0.1) is 4.92 Å². The van der Waals surface area contributed by atoms with Crippen LogP contribution in [0.2, 0.25) is 0 Å². The summed E-state index contributed by atoms with van der Waals surface area (Å²) in [5.74, 6) is 0. The van der Waals surface area contributed by atoms with Gasteiger partial charge in [-0.2, -0.15) is 0 Å². The Hall–Kier alpha value is -1.73. The number of nitrogens with zero attached hydrogens (tertiary/aromatic N) is 2. The van der Waals surface area contributed by atoms with E-state index in [1.54, 1.807) is 12.1 Å². The molecular formula is C11H14N4O2S. The molecule has 0 spiro atoms. The lowest BCUT2D eigenvalue weighted by molar-refractivity contribution is -0.384. The molecule has 7 heteroatoms. The van der Waals surface area contributed by atoms with Gasteiger partial charge in [0, 0.05) is 44.0 Å². The lowest BCUT2D eigenvalue weighted by atomic mass is 10.3. The topological polar surface area (TPSA) is 70.4 Å². The Morgan fingerprint density at radius 1 is 1.33 bits per heavy atom. The van der Waals surface area contributed by atoms with Gasteiger partial charge in [-0.1, -0.05) is 0 Å². The number of hydrogen-bond acceptors (Lipinski definition) is 4. The standard InChI is InChI=1S/C11H14N4O2S/c16-15(17)10-3-1-9(2-4-10)13-11(18)14-7-5-12-6-8-14/h1-4,12H,5-8H2,(H,13,18). The molecule has 18 heavy (non-hydrogen) atoms. The highest BCUT2D eigenvalue weighted by Gasteiger charge is 2.13. The maximum atomic E-state index is 10.5. The molecule has 2 N–H and O–H groups in total. The van der Waals surface area contributed by atoms with Crippen LogP contribution in [0.3, 0.4) is 0 Å². The highest BCUT2D eigenvalue weighted by Crippen LogP contribution is 2.15. The lowest BCUT2D eigenvalue weighted by Crippen LogP contribution is -2.47. The highest BCUT2D eigenvalue weighted by atomic mass is 32.1. The second-order valence-corrected chi connectivity index (χ2v) is 4.36. The largest absolute Gasteiger partial charge is 0.346 e. The molecule has 1 aliphatic heterocycles. The van der Waals surface area contributed by atoms with E-state index in [1.807, 2.05) is 0 Å².